The van der Waals surface area contributed by atoms with Crippen molar-refractivity contribution in [3.63, 3.8) is 0 Å². The second kappa shape index (κ2) is 6.08. The smallest absolute Gasteiger partial charge is 0.289 e. The molecule has 3 nitrogen and oxygen atoms in total. The molecule has 26 heavy (non-hydrogen) atoms. The van der Waals surface area contributed by atoms with Crippen molar-refractivity contribution in [2.45, 2.75) is 12.4 Å². The number of carbonyl (C=O) groups excluding carboxylic acids is 1. The van der Waals surface area contributed by atoms with Crippen molar-refractivity contribution in [2.24, 2.45) is 0 Å². The van der Waals surface area contributed by atoms with Gasteiger partial charge in [-0.15, -0.1) is 0 Å². The number of rotatable bonds is 2. The lowest BCUT2D eigenvalue weighted by molar-refractivity contribution is -0.142. The lowest BCUT2D eigenvalue weighted by atomic mass is 9.97. The fraction of sp³-hybridized carbons (Fsp3) is 0.118. The third-order valence-corrected chi connectivity index (χ3v) is 3.60. The van der Waals surface area contributed by atoms with E-state index in [0.29, 0.717) is 12.1 Å². The van der Waals surface area contributed by atoms with Crippen molar-refractivity contribution < 1.29 is 31.1 Å². The molecule has 2 aromatic heterocycles. The van der Waals surface area contributed by atoms with Gasteiger partial charge in [0.05, 0.1) is 11.1 Å². The van der Waals surface area contributed by atoms with Gasteiger partial charge in [0, 0.05) is 28.9 Å². The van der Waals surface area contributed by atoms with E-state index in [1.165, 1.54) is 18.3 Å². The van der Waals surface area contributed by atoms with E-state index in [0.717, 1.165) is 18.3 Å². The summed E-state index contributed by atoms with van der Waals surface area (Å²) in [6.45, 7) is 0. The third kappa shape index (κ3) is 3.24. The van der Waals surface area contributed by atoms with Crippen LogP contribution < -0.4 is 0 Å². The van der Waals surface area contributed by atoms with Crippen LogP contribution in [0.3, 0.4) is 0 Å². The highest BCUT2D eigenvalue weighted by Gasteiger charge is 2.38. The van der Waals surface area contributed by atoms with Crippen LogP contribution in [0.15, 0.2) is 48.8 Å². The Morgan fingerprint density at radius 3 is 2.23 bits per heavy atom. The summed E-state index contributed by atoms with van der Waals surface area (Å²) in [6.07, 6.45) is -7.47. The Balaban J connectivity index is 2.36. The van der Waals surface area contributed by atoms with Crippen molar-refractivity contribution in [3.05, 3.63) is 71.2 Å². The number of benzene rings is 1. The summed E-state index contributed by atoms with van der Waals surface area (Å²) in [4.78, 5) is 19.4. The number of alkyl halides is 6. The Bertz CT molecular complexity index is 980. The fourth-order valence-corrected chi connectivity index (χ4v) is 2.46. The maximum Gasteiger partial charge on any atom is 0.433 e. The summed E-state index contributed by atoms with van der Waals surface area (Å²) in [5.74, 6) is -0.879. The fourth-order valence-electron chi connectivity index (χ4n) is 2.46. The van der Waals surface area contributed by atoms with Crippen LogP contribution in [0.5, 0.6) is 0 Å². The van der Waals surface area contributed by atoms with E-state index in [9.17, 15) is 31.1 Å². The Morgan fingerprint density at radius 2 is 1.65 bits per heavy atom. The number of aromatic nitrogens is 2. The van der Waals surface area contributed by atoms with Crippen LogP contribution in [0, 0.1) is 0 Å². The molecule has 2 heterocycles. The molecule has 0 bridgehead atoms. The van der Waals surface area contributed by atoms with E-state index >= 15 is 0 Å². The molecule has 9 heteroatoms. The maximum absolute atomic E-state index is 13.2. The summed E-state index contributed by atoms with van der Waals surface area (Å²) in [6, 6.07) is 5.91. The van der Waals surface area contributed by atoms with Gasteiger partial charge in [0.1, 0.15) is 5.69 Å². The van der Waals surface area contributed by atoms with Crippen LogP contribution in [0.2, 0.25) is 0 Å². The lowest BCUT2D eigenvalue weighted by Crippen LogP contribution is -2.14. The molecule has 0 atom stereocenters. The van der Waals surface area contributed by atoms with E-state index in [2.05, 4.69) is 9.97 Å². The number of carbonyl (C=O) groups is 1. The molecule has 0 aliphatic heterocycles. The number of hydrogen-bond donors (Lipinski definition) is 0. The first kappa shape index (κ1) is 17.8. The van der Waals surface area contributed by atoms with Crippen molar-refractivity contribution in [1.29, 1.82) is 0 Å². The molecule has 0 saturated carbocycles. The second-order valence-electron chi connectivity index (χ2n) is 5.32. The van der Waals surface area contributed by atoms with Gasteiger partial charge in [0.25, 0.3) is 0 Å². The largest absolute Gasteiger partial charge is 0.433 e. The predicted octanol–water partition coefficient (Wildman–Crippen LogP) is 4.90. The summed E-state index contributed by atoms with van der Waals surface area (Å²) in [5.41, 5.74) is -4.43. The van der Waals surface area contributed by atoms with Crippen molar-refractivity contribution in [3.8, 4) is 0 Å². The lowest BCUT2D eigenvalue weighted by Gasteiger charge is -2.15. The summed E-state index contributed by atoms with van der Waals surface area (Å²) in [5, 5.41) is -0.318. The number of hydrogen-bond acceptors (Lipinski definition) is 3. The number of pyridine rings is 2. The van der Waals surface area contributed by atoms with Crippen LogP contribution in [-0.4, -0.2) is 15.8 Å². The normalized spacial score (nSPS) is 12.4. The third-order valence-electron chi connectivity index (χ3n) is 3.60. The quantitative estimate of drug-likeness (QED) is 0.476. The first-order valence-corrected chi connectivity index (χ1v) is 7.12. The van der Waals surface area contributed by atoms with Crippen LogP contribution in [0.25, 0.3) is 10.9 Å². The minimum atomic E-state index is -5.02. The molecule has 3 rings (SSSR count). The minimum absolute atomic E-state index is 0.0504. The minimum Gasteiger partial charge on any atom is -0.289 e. The van der Waals surface area contributed by atoms with Crippen LogP contribution in [0.1, 0.15) is 27.2 Å². The van der Waals surface area contributed by atoms with Crippen LogP contribution in [0.4, 0.5) is 26.3 Å². The van der Waals surface area contributed by atoms with Gasteiger partial charge in [-0.1, -0.05) is 12.1 Å². The molecular formula is C17H8F6N2O. The number of fused-ring (bicyclic) bond motifs is 1. The molecule has 0 aliphatic carbocycles. The maximum atomic E-state index is 13.2. The molecule has 0 spiro atoms. The van der Waals surface area contributed by atoms with Crippen LogP contribution >= 0.6 is 0 Å². The van der Waals surface area contributed by atoms with Gasteiger partial charge in [-0.2, -0.15) is 26.3 Å². The highest BCUT2D eigenvalue weighted by Crippen LogP contribution is 2.38. The number of para-hydroxylation sites is 1. The van der Waals surface area contributed by atoms with Gasteiger partial charge in [-0.3, -0.25) is 9.78 Å². The Hall–Kier alpha value is -2.97. The van der Waals surface area contributed by atoms with Crippen molar-refractivity contribution in [1.82, 2.24) is 9.97 Å². The molecule has 0 amide bonds. The standard InChI is InChI=1S/C17H8F6N2O/c18-16(19,20)12-5-1-4-10-11(15(26)9-3-2-6-24-8-9)7-13(17(21,22)23)25-14(10)12/h1-8H. The van der Waals surface area contributed by atoms with Gasteiger partial charge < -0.3 is 0 Å². The summed E-state index contributed by atoms with van der Waals surface area (Å²) >= 11 is 0. The zero-order valence-electron chi connectivity index (χ0n) is 12.7. The molecule has 0 N–H and O–H groups in total. The SMILES string of the molecule is O=C(c1cccnc1)c1cc(C(F)(F)F)nc2c(C(F)(F)F)cccc12. The van der Waals surface area contributed by atoms with E-state index in [4.69, 9.17) is 0 Å². The number of nitrogens with zero attached hydrogens (tertiary/aromatic N) is 2. The molecule has 134 valence electrons. The molecule has 0 fully saturated rings. The van der Waals surface area contributed by atoms with E-state index < -0.39 is 40.5 Å². The highest BCUT2D eigenvalue weighted by atomic mass is 19.4. The highest BCUT2D eigenvalue weighted by molar-refractivity contribution is 6.16. The predicted molar refractivity (Wildman–Crippen MR) is 79.4 cm³/mol. The zero-order valence-corrected chi connectivity index (χ0v) is 12.7. The van der Waals surface area contributed by atoms with Crippen LogP contribution in [-0.2, 0) is 12.4 Å². The summed E-state index contributed by atoms with van der Waals surface area (Å²) < 4.78 is 78.9. The number of halogens is 6. The van der Waals surface area contributed by atoms with Gasteiger partial charge in [0.15, 0.2) is 5.78 Å². The average Bonchev–Trinajstić information content (AvgIpc) is 2.58. The van der Waals surface area contributed by atoms with Gasteiger partial charge in [0.2, 0.25) is 0 Å². The zero-order chi connectivity index (χ0) is 19.1. The first-order chi connectivity index (χ1) is 12.1. The molecule has 0 unspecified atom stereocenters. The average molecular weight is 370 g/mol. The van der Waals surface area contributed by atoms with Gasteiger partial charge in [-0.05, 0) is 24.3 Å². The number of ketones is 1. The Kier molecular flexibility index (Phi) is 4.17. The first-order valence-electron chi connectivity index (χ1n) is 7.12. The second-order valence-corrected chi connectivity index (χ2v) is 5.32. The topological polar surface area (TPSA) is 42.9 Å². The van der Waals surface area contributed by atoms with E-state index in [1.54, 1.807) is 0 Å². The van der Waals surface area contributed by atoms with E-state index in [1.807, 2.05) is 0 Å². The summed E-state index contributed by atoms with van der Waals surface area (Å²) in [7, 11) is 0. The Morgan fingerprint density at radius 1 is 0.923 bits per heavy atom. The monoisotopic (exact) mass is 370 g/mol. The molecule has 1 aromatic carbocycles. The van der Waals surface area contributed by atoms with Gasteiger partial charge in [-0.25, -0.2) is 4.98 Å². The van der Waals surface area contributed by atoms with Crippen molar-refractivity contribution in [2.75, 3.05) is 0 Å². The van der Waals surface area contributed by atoms with E-state index in [-0.39, 0.29) is 10.9 Å². The van der Waals surface area contributed by atoms with Crippen molar-refractivity contribution >= 4 is 16.7 Å². The van der Waals surface area contributed by atoms with Gasteiger partial charge >= 0.3 is 12.4 Å². The molecule has 0 saturated heterocycles. The molecule has 0 aliphatic rings. The molecule has 3 aromatic rings. The molecule has 0 radical (unpaired) electrons. The Labute approximate surface area is 142 Å². The molecular weight excluding hydrogens is 362 g/mol.